The minimum absolute atomic E-state index is 0.0221. The Bertz CT molecular complexity index is 634. The molecule has 7 nitrogen and oxygen atoms in total. The normalized spacial score (nSPS) is 13.5. The first-order chi connectivity index (χ1) is 17.6. The summed E-state index contributed by atoms with van der Waals surface area (Å²) in [6.45, 7) is 0.0629. The third-order valence-corrected chi connectivity index (χ3v) is 16.4. The van der Waals surface area contributed by atoms with Gasteiger partial charge in [-0.05, 0) is 6.42 Å². The van der Waals surface area contributed by atoms with E-state index in [2.05, 4.69) is 27.9 Å². The molecule has 0 saturated carbocycles. The fourth-order valence-electron chi connectivity index (χ4n) is 1.55. The first-order valence-electron chi connectivity index (χ1n) is 10.1. The predicted octanol–water partition coefficient (Wildman–Crippen LogP) is 5.69. The Kier molecular flexibility index (Phi) is 34.4. The summed E-state index contributed by atoms with van der Waals surface area (Å²) in [7, 11) is -2.08. The van der Waals surface area contributed by atoms with Gasteiger partial charge in [0.05, 0.1) is 55.4 Å². The number of hydrogen-bond donors (Lipinski definition) is 3. The number of carbonyl (C=O) groups excluding carboxylic acids is 1. The molecule has 0 rings (SSSR count). The van der Waals surface area contributed by atoms with E-state index in [4.69, 9.17) is 5.11 Å². The van der Waals surface area contributed by atoms with Gasteiger partial charge < -0.3 is 10.4 Å². The van der Waals surface area contributed by atoms with Gasteiger partial charge in [-0.3, -0.25) is 23.2 Å². The quantitative estimate of drug-likeness (QED) is 0.0334. The van der Waals surface area contributed by atoms with Gasteiger partial charge in [-0.1, -0.05) is 11.8 Å². The summed E-state index contributed by atoms with van der Waals surface area (Å²) < 4.78 is 23.0. The second-order valence-electron chi connectivity index (χ2n) is 5.72. The van der Waals surface area contributed by atoms with Crippen molar-refractivity contribution in [1.29, 1.82) is 0 Å². The fraction of sp³-hybridized carbons (Fsp3) is 0.824. The number of rotatable bonds is 26. The highest BCUT2D eigenvalue weighted by molar-refractivity contribution is 8.30. The molecule has 2 atom stereocenters. The number of hydrogen-bond acceptors (Lipinski definition) is 16. The summed E-state index contributed by atoms with van der Waals surface area (Å²) in [5.74, 6) is 2.07. The van der Waals surface area contributed by atoms with Gasteiger partial charge in [0.25, 0.3) is 5.24 Å². The number of aliphatic imine (C=N–C) groups is 2. The van der Waals surface area contributed by atoms with Crippen molar-refractivity contribution in [2.45, 2.75) is 6.42 Å². The molecule has 212 valence electrons. The molecule has 0 saturated heterocycles. The minimum atomic E-state index is -1.07. The van der Waals surface area contributed by atoms with E-state index in [1.807, 2.05) is 47.0 Å². The number of thioether (sulfide) groups is 9. The van der Waals surface area contributed by atoms with Crippen molar-refractivity contribution in [1.82, 2.24) is 5.32 Å². The van der Waals surface area contributed by atoms with E-state index >= 15 is 0 Å². The third kappa shape index (κ3) is 31.1. The number of nitrogens with zero attached hydrogens (tertiary/aromatic N) is 2. The van der Waals surface area contributed by atoms with Crippen LogP contribution in [-0.4, -0.2) is 101 Å². The number of carbonyl (C=O) groups is 1. The third-order valence-electron chi connectivity index (χ3n) is 2.93. The molecule has 0 aliphatic rings. The van der Waals surface area contributed by atoms with Crippen LogP contribution in [0.1, 0.15) is 6.42 Å². The van der Waals surface area contributed by atoms with E-state index < -0.39 is 21.6 Å². The molecule has 1 amide bonds. The van der Waals surface area contributed by atoms with E-state index in [0.29, 0.717) is 34.9 Å². The average Bonchev–Trinajstić information content (AvgIpc) is 2.87. The fourth-order valence-corrected chi connectivity index (χ4v) is 13.9. The Hall–Kier alpha value is 2.57. The summed E-state index contributed by atoms with van der Waals surface area (Å²) in [5, 5.41) is 18.7. The van der Waals surface area contributed by atoms with Gasteiger partial charge >= 0.3 is 0 Å². The van der Waals surface area contributed by atoms with Crippen LogP contribution in [0, 0.1) is 0 Å². The molecular weight excluding hydrogens is 695 g/mol. The zero-order chi connectivity index (χ0) is 26.5. The predicted molar refractivity (Wildman–Crippen MR) is 189 cm³/mol. The Morgan fingerprint density at radius 2 is 1.39 bits per heavy atom. The maximum Gasteiger partial charge on any atom is 0.280 e. The molecule has 19 heteroatoms. The Morgan fingerprint density at radius 3 is 2.06 bits per heavy atom. The first kappa shape index (κ1) is 38.6. The lowest BCUT2D eigenvalue weighted by Gasteiger charge is -2.05. The molecule has 2 N–H and O–H groups in total. The van der Waals surface area contributed by atoms with Crippen LogP contribution < -0.4 is 5.32 Å². The molecule has 0 bridgehead atoms. The number of nitrogens with one attached hydrogen (secondary N) is 1. The van der Waals surface area contributed by atoms with Gasteiger partial charge in [-0.15, -0.1) is 94.1 Å². The molecule has 0 aromatic heterocycles. The van der Waals surface area contributed by atoms with Crippen molar-refractivity contribution in [3.63, 3.8) is 0 Å². The molecule has 0 aliphatic carbocycles. The molecule has 2 unspecified atom stereocenters. The SMILES string of the molecule is O=C(NCSCSCSCSC/N=C\S(=O)CCCO)SCSCSCSCSCS(=O)/C=N\CS. The van der Waals surface area contributed by atoms with Crippen LogP contribution in [0.2, 0.25) is 0 Å². The standard InChI is InChI=1S/C17H33N3O4S12/c21-2-1-3-35(23)8-19-5-26-9-28-11-29-10-27-6-20-17(22)34-15-32-13-30-12-31-14-33-16-36(24)7-18-4-25/h7-8,21,25H,1-6,9-16H2,(H,20,22)/b18-7-,19-8-. The molecule has 0 aromatic rings. The number of thiol groups is 1. The van der Waals surface area contributed by atoms with Gasteiger partial charge in [0.2, 0.25) is 0 Å². The lowest BCUT2D eigenvalue weighted by atomic mass is 10.5. The van der Waals surface area contributed by atoms with Crippen LogP contribution in [-0.2, 0) is 21.6 Å². The van der Waals surface area contributed by atoms with E-state index in [1.165, 1.54) is 22.9 Å². The maximum absolute atomic E-state index is 11.8. The van der Waals surface area contributed by atoms with Crippen LogP contribution >= 0.6 is 118 Å². The van der Waals surface area contributed by atoms with E-state index in [9.17, 15) is 13.2 Å². The molecular formula is C17H33N3O4S12. The first-order valence-corrected chi connectivity index (χ1v) is 23.7. The van der Waals surface area contributed by atoms with Gasteiger partial charge in [0.15, 0.2) is 0 Å². The monoisotopic (exact) mass is 727 g/mol. The summed E-state index contributed by atoms with van der Waals surface area (Å²) in [6, 6.07) is 0. The Balaban J connectivity index is 3.30. The molecule has 0 aromatic carbocycles. The lowest BCUT2D eigenvalue weighted by molar-refractivity contribution is 0.262. The Morgan fingerprint density at radius 1 is 0.806 bits per heavy atom. The van der Waals surface area contributed by atoms with E-state index in [0.717, 1.165) is 35.6 Å². The van der Waals surface area contributed by atoms with Gasteiger partial charge in [-0.25, -0.2) is 0 Å². The molecule has 0 spiro atoms. The van der Waals surface area contributed by atoms with Crippen LogP contribution in [0.4, 0.5) is 4.79 Å². The Labute approximate surface area is 264 Å². The average molecular weight is 728 g/mol. The second kappa shape index (κ2) is 32.1. The van der Waals surface area contributed by atoms with Crippen molar-refractivity contribution < 1.29 is 18.3 Å². The van der Waals surface area contributed by atoms with Crippen molar-refractivity contribution in [2.24, 2.45) is 9.98 Å². The topological polar surface area (TPSA) is 108 Å². The number of aliphatic hydroxyl groups excluding tert-OH is 1. The lowest BCUT2D eigenvalue weighted by Crippen LogP contribution is -2.17. The van der Waals surface area contributed by atoms with E-state index in [-0.39, 0.29) is 11.8 Å². The summed E-state index contributed by atoms with van der Waals surface area (Å²) in [4.78, 5) is 19.8. The second-order valence-corrected chi connectivity index (χ2v) is 20.4. The molecule has 0 aliphatic heterocycles. The van der Waals surface area contributed by atoms with Crippen LogP contribution in [0.25, 0.3) is 0 Å². The summed E-state index contributed by atoms with van der Waals surface area (Å²) in [5.41, 5.74) is 2.93. The van der Waals surface area contributed by atoms with Crippen molar-refractivity contribution >= 4 is 156 Å². The smallest absolute Gasteiger partial charge is 0.280 e. The van der Waals surface area contributed by atoms with Crippen molar-refractivity contribution in [3.05, 3.63) is 0 Å². The summed E-state index contributed by atoms with van der Waals surface area (Å²) >= 11 is 19.4. The van der Waals surface area contributed by atoms with Crippen LogP contribution in [0.3, 0.4) is 0 Å². The van der Waals surface area contributed by atoms with Crippen molar-refractivity contribution in [2.75, 3.05) is 70.7 Å². The highest BCUT2D eigenvalue weighted by atomic mass is 32.3. The molecule has 0 heterocycles. The number of amides is 1. The highest BCUT2D eigenvalue weighted by Crippen LogP contribution is 2.24. The zero-order valence-electron chi connectivity index (χ0n) is 19.6. The van der Waals surface area contributed by atoms with Gasteiger partial charge in [-0.2, -0.15) is 12.6 Å². The van der Waals surface area contributed by atoms with Crippen molar-refractivity contribution in [3.8, 4) is 0 Å². The largest absolute Gasteiger partial charge is 0.396 e. The molecule has 0 fully saturated rings. The minimum Gasteiger partial charge on any atom is -0.396 e. The van der Waals surface area contributed by atoms with Crippen LogP contribution in [0.15, 0.2) is 9.98 Å². The number of aliphatic hydroxyl groups is 1. The van der Waals surface area contributed by atoms with Gasteiger partial charge in [0, 0.05) is 48.0 Å². The summed E-state index contributed by atoms with van der Waals surface area (Å²) in [6.07, 6.45) is 0.541. The zero-order valence-corrected chi connectivity index (χ0v) is 29.4. The van der Waals surface area contributed by atoms with Crippen LogP contribution in [0.5, 0.6) is 0 Å². The maximum atomic E-state index is 11.8. The highest BCUT2D eigenvalue weighted by Gasteiger charge is 2.02. The van der Waals surface area contributed by atoms with Gasteiger partial charge in [0.1, 0.15) is 0 Å². The van der Waals surface area contributed by atoms with E-state index in [1.54, 1.807) is 47.0 Å². The molecule has 36 heavy (non-hydrogen) atoms. The molecule has 0 radical (unpaired) electrons.